The Balaban J connectivity index is 2.31. The fourth-order valence-corrected chi connectivity index (χ4v) is 1.73. The third-order valence-corrected chi connectivity index (χ3v) is 2.56. The number of hydrogen-bond donors (Lipinski definition) is 2. The molecule has 1 aromatic rings. The van der Waals surface area contributed by atoms with E-state index in [-0.39, 0.29) is 0 Å². The molecule has 84 valence electrons. The van der Waals surface area contributed by atoms with Crippen molar-refractivity contribution in [2.24, 2.45) is 0 Å². The minimum Gasteiger partial charge on any atom is -0.512 e. The maximum Gasteiger partial charge on any atom is 0.373 e. The van der Waals surface area contributed by atoms with E-state index in [1.54, 1.807) is 6.92 Å². The van der Waals surface area contributed by atoms with Gasteiger partial charge in [-0.1, -0.05) is 18.2 Å². The van der Waals surface area contributed by atoms with Crippen molar-refractivity contribution in [1.29, 1.82) is 0 Å². The van der Waals surface area contributed by atoms with Crippen LogP contribution in [0.1, 0.15) is 19.8 Å². The molecule has 16 heavy (non-hydrogen) atoms. The van der Waals surface area contributed by atoms with Gasteiger partial charge in [0, 0.05) is 12.1 Å². The topological polar surface area (TPSA) is 43.4 Å². The van der Waals surface area contributed by atoms with Gasteiger partial charge in [-0.05, 0) is 19.8 Å². The predicted octanol–water partition coefficient (Wildman–Crippen LogP) is 1.44. The number of nitrogens with one attached hydrogen (secondary N) is 1. The van der Waals surface area contributed by atoms with Crippen molar-refractivity contribution < 1.29 is 14.8 Å². The fraction of sp³-hybridized carbons (Fsp3) is 0.308. The van der Waals surface area contributed by atoms with Gasteiger partial charge in [0.1, 0.15) is 11.3 Å². The highest BCUT2D eigenvalue weighted by Crippen LogP contribution is 2.15. The third-order valence-electron chi connectivity index (χ3n) is 2.56. The second-order valence-electron chi connectivity index (χ2n) is 3.84. The van der Waals surface area contributed by atoms with Crippen molar-refractivity contribution in [3.63, 3.8) is 0 Å². The van der Waals surface area contributed by atoms with Crippen LogP contribution in [-0.2, 0) is 4.74 Å². The van der Waals surface area contributed by atoms with Gasteiger partial charge in [0.2, 0.25) is 5.69 Å². The Kier molecular flexibility index (Phi) is 3.25. The quantitative estimate of drug-likeness (QED) is 0.700. The first-order chi connectivity index (χ1) is 7.77. The molecule has 0 saturated carbocycles. The molecule has 3 nitrogen and oxygen atoms in total. The maximum absolute atomic E-state index is 9.56. The Morgan fingerprint density at radius 3 is 2.75 bits per heavy atom. The molecule has 1 heterocycles. The molecule has 1 fully saturated rings. The highest BCUT2D eigenvalue weighted by molar-refractivity contribution is 5.90. The Morgan fingerprint density at radius 1 is 1.31 bits per heavy atom. The second kappa shape index (κ2) is 4.84. The Morgan fingerprint density at radius 2 is 2.06 bits per heavy atom. The Labute approximate surface area is 95.1 Å². The summed E-state index contributed by atoms with van der Waals surface area (Å²) < 4.78 is 5.54. The summed E-state index contributed by atoms with van der Waals surface area (Å²) >= 11 is 0. The molecule has 0 aromatic heterocycles. The molecule has 0 unspecified atom stereocenters. The summed E-state index contributed by atoms with van der Waals surface area (Å²) in [5.41, 5.74) is 1.84. The Bertz CT molecular complexity index is 417. The normalized spacial score (nSPS) is 21.7. The first-order valence-electron chi connectivity index (χ1n) is 5.48. The van der Waals surface area contributed by atoms with E-state index in [0.29, 0.717) is 18.3 Å². The van der Waals surface area contributed by atoms with E-state index >= 15 is 0 Å². The molecule has 0 atom stereocenters. The molecule has 1 saturated heterocycles. The van der Waals surface area contributed by atoms with E-state index in [9.17, 15) is 5.11 Å². The van der Waals surface area contributed by atoms with Crippen LogP contribution in [0.2, 0.25) is 0 Å². The average Bonchev–Trinajstić information content (AvgIpc) is 2.31. The number of aliphatic hydroxyl groups excluding tert-OH is 1. The number of benzene rings is 1. The van der Waals surface area contributed by atoms with Crippen LogP contribution in [0.4, 0.5) is 5.69 Å². The van der Waals surface area contributed by atoms with E-state index in [4.69, 9.17) is 4.74 Å². The molecular weight excluding hydrogens is 202 g/mol. The summed E-state index contributed by atoms with van der Waals surface area (Å²) in [4.78, 5) is 3.19. The molecule has 1 aliphatic rings. The lowest BCUT2D eigenvalue weighted by Crippen LogP contribution is -2.68. The summed E-state index contributed by atoms with van der Waals surface area (Å²) in [5, 5.41) is 9.56. The summed E-state index contributed by atoms with van der Waals surface area (Å²) in [6.07, 6.45) is 1.81. The van der Waals surface area contributed by atoms with Gasteiger partial charge in [-0.3, -0.25) is 0 Å². The van der Waals surface area contributed by atoms with Crippen molar-refractivity contribution in [1.82, 2.24) is 0 Å². The van der Waals surface area contributed by atoms with Gasteiger partial charge < -0.3 is 9.84 Å². The van der Waals surface area contributed by atoms with Crippen molar-refractivity contribution in [2.75, 3.05) is 6.61 Å². The fourth-order valence-electron chi connectivity index (χ4n) is 1.73. The first-order valence-corrected chi connectivity index (χ1v) is 5.48. The lowest BCUT2D eigenvalue weighted by atomic mass is 10.1. The summed E-state index contributed by atoms with van der Waals surface area (Å²) in [5.74, 6) is 1.01. The lowest BCUT2D eigenvalue weighted by molar-refractivity contribution is -0.367. The van der Waals surface area contributed by atoms with Crippen LogP contribution in [0.15, 0.2) is 41.7 Å². The van der Waals surface area contributed by atoms with Crippen molar-refractivity contribution in [2.45, 2.75) is 19.8 Å². The number of allylic oxidation sites excluding steroid dienone is 1. The van der Waals surface area contributed by atoms with Gasteiger partial charge in [-0.15, -0.1) is 0 Å². The van der Waals surface area contributed by atoms with E-state index in [1.165, 1.54) is 0 Å². The molecule has 2 N–H and O–H groups in total. The zero-order valence-electron chi connectivity index (χ0n) is 9.36. The lowest BCUT2D eigenvalue weighted by Gasteiger charge is -2.14. The maximum atomic E-state index is 9.56. The third kappa shape index (κ3) is 2.42. The molecule has 2 rings (SSSR count). The molecule has 0 bridgehead atoms. The van der Waals surface area contributed by atoms with Crippen LogP contribution < -0.4 is 4.99 Å². The van der Waals surface area contributed by atoms with Gasteiger partial charge in [-0.2, -0.15) is 4.99 Å². The summed E-state index contributed by atoms with van der Waals surface area (Å²) in [6.45, 7) is 2.39. The number of ether oxygens (including phenoxy) is 1. The number of aliphatic hydroxyl groups is 1. The molecule has 1 aliphatic heterocycles. The van der Waals surface area contributed by atoms with Crippen molar-refractivity contribution in [3.8, 4) is 0 Å². The molecule has 3 heteroatoms. The van der Waals surface area contributed by atoms with Crippen molar-refractivity contribution in [3.05, 3.63) is 41.7 Å². The summed E-state index contributed by atoms with van der Waals surface area (Å²) in [7, 11) is 0. The zero-order chi connectivity index (χ0) is 11.4. The molecule has 0 spiro atoms. The molecular formula is C13H16NO2+. The average molecular weight is 218 g/mol. The number of hydrogen-bond acceptors (Lipinski definition) is 2. The second-order valence-corrected chi connectivity index (χ2v) is 3.84. The SMILES string of the molecule is C/C(O)=C1/CCCOC1=[NH+]c1ccccc1. The Hall–Kier alpha value is -1.77. The van der Waals surface area contributed by atoms with Crippen LogP contribution in [-0.4, -0.2) is 17.6 Å². The van der Waals surface area contributed by atoms with Gasteiger partial charge in [0.25, 0.3) is 0 Å². The van der Waals surface area contributed by atoms with E-state index in [2.05, 4.69) is 4.99 Å². The van der Waals surface area contributed by atoms with Crippen LogP contribution in [0.5, 0.6) is 0 Å². The monoisotopic (exact) mass is 218 g/mol. The minimum atomic E-state index is 0.332. The molecule has 0 amide bonds. The van der Waals surface area contributed by atoms with Crippen LogP contribution in [0.25, 0.3) is 0 Å². The zero-order valence-corrected chi connectivity index (χ0v) is 9.36. The van der Waals surface area contributed by atoms with Crippen LogP contribution in [0, 0.1) is 0 Å². The smallest absolute Gasteiger partial charge is 0.373 e. The molecule has 0 aliphatic carbocycles. The van der Waals surface area contributed by atoms with Crippen molar-refractivity contribution >= 4 is 11.6 Å². The van der Waals surface area contributed by atoms with E-state index in [0.717, 1.165) is 24.1 Å². The van der Waals surface area contributed by atoms with Gasteiger partial charge in [0.15, 0.2) is 0 Å². The standard InChI is InChI=1S/C13H15NO2/c1-10(15)12-8-5-9-16-13(12)14-11-6-3-2-4-7-11/h2-4,6-7,15H,5,8-9H2,1H3/p+1/b12-10+,14-13?. The molecule has 0 radical (unpaired) electrons. The first kappa shape index (κ1) is 10.7. The van der Waals surface area contributed by atoms with Gasteiger partial charge in [0.05, 0.1) is 6.61 Å². The van der Waals surface area contributed by atoms with Crippen LogP contribution in [0.3, 0.4) is 0 Å². The number of rotatable bonds is 1. The highest BCUT2D eigenvalue weighted by Gasteiger charge is 2.23. The highest BCUT2D eigenvalue weighted by atomic mass is 16.5. The van der Waals surface area contributed by atoms with E-state index in [1.807, 2.05) is 30.3 Å². The number of para-hydroxylation sites is 1. The largest absolute Gasteiger partial charge is 0.512 e. The summed E-state index contributed by atoms with van der Waals surface area (Å²) in [6, 6.07) is 9.82. The minimum absolute atomic E-state index is 0.332. The van der Waals surface area contributed by atoms with Gasteiger partial charge in [-0.25, -0.2) is 0 Å². The van der Waals surface area contributed by atoms with Crippen LogP contribution >= 0.6 is 0 Å². The molecule has 1 aromatic carbocycles. The van der Waals surface area contributed by atoms with Gasteiger partial charge >= 0.3 is 5.90 Å². The predicted molar refractivity (Wildman–Crippen MR) is 62.6 cm³/mol. The van der Waals surface area contributed by atoms with E-state index < -0.39 is 0 Å².